The highest BCUT2D eigenvalue weighted by Crippen LogP contribution is 2.02. The summed E-state index contributed by atoms with van der Waals surface area (Å²) in [5, 5.41) is 0. The van der Waals surface area contributed by atoms with Crippen molar-refractivity contribution in [3.05, 3.63) is 0 Å². The van der Waals surface area contributed by atoms with Gasteiger partial charge in [-0.05, 0) is 0 Å². The van der Waals surface area contributed by atoms with Crippen molar-refractivity contribution >= 4 is 28.3 Å². The zero-order valence-electron chi connectivity index (χ0n) is 3.19. The Morgan fingerprint density at radius 1 is 1.60 bits per heavy atom. The molecule has 32 valence electrons. The fourth-order valence-electron chi connectivity index (χ4n) is 0. The van der Waals surface area contributed by atoms with Crippen LogP contribution in [0.5, 0.6) is 0 Å². The van der Waals surface area contributed by atoms with E-state index in [0.717, 1.165) is 0 Å². The van der Waals surface area contributed by atoms with Gasteiger partial charge in [0.1, 0.15) is 19.6 Å². The lowest BCUT2D eigenvalue weighted by molar-refractivity contribution is 0.600. The van der Waals surface area contributed by atoms with Gasteiger partial charge in [-0.15, -0.1) is 0 Å². The van der Waals surface area contributed by atoms with Gasteiger partial charge >= 0.3 is 0 Å². The minimum Gasteiger partial charge on any atom is -0.0967 e. The third-order valence-electron chi connectivity index (χ3n) is 0. The Morgan fingerprint density at radius 3 is 1.60 bits per heavy atom. The van der Waals surface area contributed by atoms with Crippen LogP contribution in [0.2, 0.25) is 0 Å². The maximum atomic E-state index is 10.2. The van der Waals surface area contributed by atoms with Gasteiger partial charge in [0.25, 0.3) is 21.2 Å². The van der Waals surface area contributed by atoms with Gasteiger partial charge in [-0.2, -0.15) is 0 Å². The van der Waals surface area contributed by atoms with E-state index in [1.54, 1.807) is 12.5 Å². The lowest BCUT2D eigenvalue weighted by atomic mass is 11.9. The van der Waals surface area contributed by atoms with Crippen molar-refractivity contribution in [2.24, 2.45) is 0 Å². The molecule has 0 saturated heterocycles. The summed E-state index contributed by atoms with van der Waals surface area (Å²) >= 11 is 1.91. The van der Waals surface area contributed by atoms with Crippen LogP contribution in [0.1, 0.15) is 0 Å². The first-order valence-corrected chi connectivity index (χ1v) is 6.05. The van der Waals surface area contributed by atoms with E-state index >= 15 is 0 Å². The highest BCUT2D eigenvalue weighted by Gasteiger charge is 2.00. The van der Waals surface area contributed by atoms with Crippen molar-refractivity contribution < 1.29 is 4.21 Å². The lowest BCUT2D eigenvalue weighted by Crippen LogP contribution is -1.86. The first-order chi connectivity index (χ1) is 2.00. The standard InChI is InChI=1S/C2H6IOS/c1-5(2,3)4/h1-2H3/q+1. The van der Waals surface area contributed by atoms with Crippen LogP contribution >= 0.6 is 21.2 Å². The summed E-state index contributed by atoms with van der Waals surface area (Å²) < 4.78 is 10.2. The second-order valence-electron chi connectivity index (χ2n) is 1.11. The van der Waals surface area contributed by atoms with Gasteiger partial charge in [0.15, 0.2) is 0 Å². The molecule has 0 radical (unpaired) electrons. The van der Waals surface area contributed by atoms with Crippen molar-refractivity contribution in [2.75, 3.05) is 12.5 Å². The van der Waals surface area contributed by atoms with Crippen LogP contribution in [0.25, 0.3) is 0 Å². The molecule has 0 heterocycles. The van der Waals surface area contributed by atoms with E-state index in [2.05, 4.69) is 0 Å². The zero-order valence-corrected chi connectivity index (χ0v) is 6.17. The topological polar surface area (TPSA) is 17.1 Å². The fraction of sp³-hybridized carbons (Fsp3) is 1.00. The number of hydrogen-bond donors (Lipinski definition) is 0. The van der Waals surface area contributed by atoms with Gasteiger partial charge in [-0.3, -0.25) is 0 Å². The van der Waals surface area contributed by atoms with Crippen LogP contribution in [-0.4, -0.2) is 12.5 Å². The molecule has 0 amide bonds. The molecule has 0 spiro atoms. The smallest absolute Gasteiger partial charge is 0.0967 e. The molecule has 0 bridgehead atoms. The quantitative estimate of drug-likeness (QED) is 0.328. The molecule has 0 atom stereocenters. The van der Waals surface area contributed by atoms with Gasteiger partial charge in [0, 0.05) is 0 Å². The highest BCUT2D eigenvalue weighted by atomic mass is 127. The second-order valence-corrected chi connectivity index (χ2v) is 9.70. The zero-order chi connectivity index (χ0) is 4.50. The highest BCUT2D eigenvalue weighted by molar-refractivity contribution is 14.2. The lowest BCUT2D eigenvalue weighted by Gasteiger charge is -1.74. The Morgan fingerprint density at radius 2 is 1.60 bits per heavy atom. The normalized spacial score (nSPS) is 11.8. The molecule has 0 aliphatic carbocycles. The number of hydrogen-bond acceptors (Lipinski definition) is 1. The van der Waals surface area contributed by atoms with Crippen LogP contribution < -0.4 is 0 Å². The fourth-order valence-corrected chi connectivity index (χ4v) is 0. The summed E-state index contributed by atoms with van der Waals surface area (Å²) in [5.41, 5.74) is 0. The molecule has 0 saturated carbocycles. The molecule has 0 N–H and O–H groups in total. The summed E-state index contributed by atoms with van der Waals surface area (Å²) in [6, 6.07) is 0. The minimum atomic E-state index is -1.45. The summed E-state index contributed by atoms with van der Waals surface area (Å²) in [5.74, 6) is 0. The molecule has 0 aliphatic heterocycles. The van der Waals surface area contributed by atoms with E-state index in [1.165, 1.54) is 0 Å². The average molecular weight is 205 g/mol. The third-order valence-corrected chi connectivity index (χ3v) is 0. The van der Waals surface area contributed by atoms with Crippen LogP contribution in [0.3, 0.4) is 0 Å². The Balaban J connectivity index is 3.47. The predicted octanol–water partition coefficient (Wildman–Crippen LogP) is 1.10. The van der Waals surface area contributed by atoms with Gasteiger partial charge < -0.3 is 0 Å². The van der Waals surface area contributed by atoms with Crippen molar-refractivity contribution in [3.8, 4) is 0 Å². The van der Waals surface area contributed by atoms with E-state index in [-0.39, 0.29) is 0 Å². The maximum absolute atomic E-state index is 10.2. The summed E-state index contributed by atoms with van der Waals surface area (Å²) in [4.78, 5) is 0. The van der Waals surface area contributed by atoms with E-state index < -0.39 is 7.10 Å². The maximum Gasteiger partial charge on any atom is 0.251 e. The minimum absolute atomic E-state index is 1.45. The van der Waals surface area contributed by atoms with Crippen LogP contribution in [0.15, 0.2) is 0 Å². The van der Waals surface area contributed by atoms with Gasteiger partial charge in [0.2, 0.25) is 0 Å². The first-order valence-electron chi connectivity index (χ1n) is 1.14. The van der Waals surface area contributed by atoms with Crippen molar-refractivity contribution in [1.29, 1.82) is 0 Å². The number of halogens is 1. The van der Waals surface area contributed by atoms with Crippen LogP contribution in [0.4, 0.5) is 0 Å². The molecule has 0 aromatic rings. The summed E-state index contributed by atoms with van der Waals surface area (Å²) in [6.45, 7) is 0. The van der Waals surface area contributed by atoms with Gasteiger partial charge in [-0.1, -0.05) is 4.21 Å². The van der Waals surface area contributed by atoms with Crippen LogP contribution in [-0.2, 0) is 11.3 Å². The summed E-state index contributed by atoms with van der Waals surface area (Å²) in [7, 11) is -1.45. The average Bonchev–Trinajstić information content (AvgIpc) is 0.722. The van der Waals surface area contributed by atoms with Crippen LogP contribution in [0, 0.1) is 0 Å². The van der Waals surface area contributed by atoms with Crippen molar-refractivity contribution in [1.82, 2.24) is 0 Å². The Labute approximate surface area is 45.2 Å². The molecular formula is C2H6IOS+. The first kappa shape index (κ1) is 5.88. The largest absolute Gasteiger partial charge is 0.251 e. The molecule has 0 unspecified atom stereocenters. The molecule has 5 heavy (non-hydrogen) atoms. The second kappa shape index (κ2) is 1.55. The van der Waals surface area contributed by atoms with E-state index in [1.807, 2.05) is 21.2 Å². The number of rotatable bonds is 0. The van der Waals surface area contributed by atoms with Gasteiger partial charge in [0.05, 0.1) is 0 Å². The third kappa shape index (κ3) is 52.3. The van der Waals surface area contributed by atoms with Crippen molar-refractivity contribution in [2.45, 2.75) is 0 Å². The van der Waals surface area contributed by atoms with E-state index in [0.29, 0.717) is 0 Å². The Hall–Kier alpha value is 0.880. The molecule has 0 fully saturated rings. The molecule has 1 nitrogen and oxygen atoms in total. The van der Waals surface area contributed by atoms with E-state index in [4.69, 9.17) is 0 Å². The molecule has 0 aromatic heterocycles. The Kier molecular flexibility index (Phi) is 1.83. The Bertz CT molecular complexity index is 55.8. The monoisotopic (exact) mass is 205 g/mol. The van der Waals surface area contributed by atoms with E-state index in [9.17, 15) is 4.21 Å². The molecule has 0 aliphatic rings. The SMILES string of the molecule is C[S+](C)(=O)I. The summed E-state index contributed by atoms with van der Waals surface area (Å²) in [6.07, 6.45) is 3.40. The molecule has 0 rings (SSSR count). The molecule has 3 heteroatoms. The molecule has 0 aromatic carbocycles. The van der Waals surface area contributed by atoms with Crippen molar-refractivity contribution in [3.63, 3.8) is 0 Å². The molecular weight excluding hydrogens is 199 g/mol. The van der Waals surface area contributed by atoms with Gasteiger partial charge in [-0.25, -0.2) is 0 Å². The predicted molar refractivity (Wildman–Crippen MR) is 33.9 cm³/mol.